The predicted octanol–water partition coefficient (Wildman–Crippen LogP) is 3.93. The van der Waals surface area contributed by atoms with Gasteiger partial charge in [0.1, 0.15) is 5.58 Å². The van der Waals surface area contributed by atoms with Crippen LogP contribution < -0.4 is 5.43 Å². The molecular formula is C24H26N2O2. The van der Waals surface area contributed by atoms with E-state index in [1.807, 2.05) is 31.2 Å². The Kier molecular flexibility index (Phi) is 5.70. The van der Waals surface area contributed by atoms with Gasteiger partial charge >= 0.3 is 0 Å². The van der Waals surface area contributed by atoms with E-state index in [9.17, 15) is 4.79 Å². The van der Waals surface area contributed by atoms with Gasteiger partial charge in [0.25, 0.3) is 0 Å². The van der Waals surface area contributed by atoms with Gasteiger partial charge in [-0.2, -0.15) is 0 Å². The van der Waals surface area contributed by atoms with Crippen molar-refractivity contribution in [1.82, 2.24) is 9.80 Å². The Morgan fingerprint density at radius 1 is 1.00 bits per heavy atom. The Morgan fingerprint density at radius 3 is 2.54 bits per heavy atom. The van der Waals surface area contributed by atoms with Crippen LogP contribution in [0, 0.1) is 6.92 Å². The zero-order chi connectivity index (χ0) is 19.3. The van der Waals surface area contributed by atoms with Gasteiger partial charge in [-0.1, -0.05) is 54.1 Å². The van der Waals surface area contributed by atoms with Crippen LogP contribution in [0.1, 0.15) is 16.7 Å². The van der Waals surface area contributed by atoms with Crippen LogP contribution in [0.5, 0.6) is 0 Å². The van der Waals surface area contributed by atoms with Gasteiger partial charge in [-0.15, -0.1) is 0 Å². The molecule has 4 rings (SSSR count). The fourth-order valence-corrected chi connectivity index (χ4v) is 3.67. The van der Waals surface area contributed by atoms with Crippen LogP contribution in [0.2, 0.25) is 0 Å². The lowest BCUT2D eigenvalue weighted by atomic mass is 10.1. The number of aryl methyl sites for hydroxylation is 1. The van der Waals surface area contributed by atoms with Crippen molar-refractivity contribution in [2.45, 2.75) is 13.5 Å². The summed E-state index contributed by atoms with van der Waals surface area (Å²) >= 11 is 0. The van der Waals surface area contributed by atoms with E-state index in [-0.39, 0.29) is 5.43 Å². The zero-order valence-corrected chi connectivity index (χ0v) is 16.3. The molecule has 0 unspecified atom stereocenters. The number of hydrogen-bond acceptors (Lipinski definition) is 4. The van der Waals surface area contributed by atoms with Crippen molar-refractivity contribution in [1.29, 1.82) is 0 Å². The number of rotatable bonds is 5. The zero-order valence-electron chi connectivity index (χ0n) is 16.3. The molecule has 0 atom stereocenters. The molecular weight excluding hydrogens is 348 g/mol. The lowest BCUT2D eigenvalue weighted by Crippen LogP contribution is -2.46. The Morgan fingerprint density at radius 2 is 1.75 bits per heavy atom. The first-order chi connectivity index (χ1) is 13.7. The summed E-state index contributed by atoms with van der Waals surface area (Å²) < 4.78 is 5.69. The van der Waals surface area contributed by atoms with E-state index in [4.69, 9.17) is 4.42 Å². The number of hydrogen-bond donors (Lipinski definition) is 0. The largest absolute Gasteiger partial charge is 0.464 e. The first-order valence-electron chi connectivity index (χ1n) is 9.86. The van der Waals surface area contributed by atoms with Gasteiger partial charge in [0.15, 0.2) is 5.43 Å². The van der Waals surface area contributed by atoms with Gasteiger partial charge in [0.05, 0.1) is 11.6 Å². The Bertz CT molecular complexity index is 1020. The van der Waals surface area contributed by atoms with Crippen LogP contribution in [0.3, 0.4) is 0 Å². The molecule has 0 radical (unpaired) electrons. The van der Waals surface area contributed by atoms with Crippen LogP contribution in [0.15, 0.2) is 70.1 Å². The quantitative estimate of drug-likeness (QED) is 0.678. The van der Waals surface area contributed by atoms with E-state index < -0.39 is 0 Å². The first-order valence-corrected chi connectivity index (χ1v) is 9.86. The van der Waals surface area contributed by atoms with E-state index >= 15 is 0 Å². The SMILES string of the molecule is Cc1ccc2occ(CN3CCN(C/C=C/c4ccccc4)CC3)c(=O)c2c1. The summed E-state index contributed by atoms with van der Waals surface area (Å²) in [6.45, 7) is 7.56. The summed E-state index contributed by atoms with van der Waals surface area (Å²) in [5.74, 6) is 0. The second kappa shape index (κ2) is 8.55. The molecule has 0 spiro atoms. The summed E-state index contributed by atoms with van der Waals surface area (Å²) in [4.78, 5) is 17.6. The van der Waals surface area contributed by atoms with Crippen molar-refractivity contribution in [3.05, 3.63) is 87.8 Å². The van der Waals surface area contributed by atoms with E-state index in [2.05, 4.69) is 46.2 Å². The third kappa shape index (κ3) is 4.41. The molecule has 1 aliphatic heterocycles. The van der Waals surface area contributed by atoms with Gasteiger partial charge in [0.2, 0.25) is 0 Å². The van der Waals surface area contributed by atoms with E-state index in [1.54, 1.807) is 6.26 Å². The van der Waals surface area contributed by atoms with E-state index in [0.29, 0.717) is 17.5 Å². The maximum absolute atomic E-state index is 12.8. The molecule has 0 saturated carbocycles. The van der Waals surface area contributed by atoms with Gasteiger partial charge in [-0.25, -0.2) is 0 Å². The minimum atomic E-state index is 0.0955. The molecule has 144 valence electrons. The highest BCUT2D eigenvalue weighted by atomic mass is 16.3. The predicted molar refractivity (Wildman–Crippen MR) is 114 cm³/mol. The normalized spacial score (nSPS) is 16.2. The van der Waals surface area contributed by atoms with Gasteiger partial charge in [-0.3, -0.25) is 14.6 Å². The standard InChI is InChI=1S/C24H26N2O2/c1-19-9-10-23-22(16-19)24(27)21(18-28-23)17-26-14-12-25(13-15-26)11-5-8-20-6-3-2-4-7-20/h2-10,16,18H,11-15,17H2,1H3/b8-5+. The van der Waals surface area contributed by atoms with Gasteiger partial charge in [0, 0.05) is 44.8 Å². The summed E-state index contributed by atoms with van der Waals surface area (Å²) in [5.41, 5.74) is 3.82. The number of benzene rings is 2. The molecule has 0 N–H and O–H groups in total. The Labute approximate surface area is 165 Å². The summed E-state index contributed by atoms with van der Waals surface area (Å²) in [7, 11) is 0. The number of nitrogens with zero attached hydrogens (tertiary/aromatic N) is 2. The third-order valence-electron chi connectivity index (χ3n) is 5.33. The van der Waals surface area contributed by atoms with Crippen LogP contribution in [-0.4, -0.2) is 42.5 Å². The van der Waals surface area contributed by atoms with Crippen LogP contribution in [-0.2, 0) is 6.54 Å². The second-order valence-electron chi connectivity index (χ2n) is 7.48. The minimum absolute atomic E-state index is 0.0955. The molecule has 1 saturated heterocycles. The average molecular weight is 374 g/mol. The maximum atomic E-state index is 12.8. The van der Waals surface area contributed by atoms with Crippen molar-refractivity contribution in [3.63, 3.8) is 0 Å². The highest BCUT2D eigenvalue weighted by Crippen LogP contribution is 2.15. The van der Waals surface area contributed by atoms with Crippen LogP contribution in [0.25, 0.3) is 17.0 Å². The molecule has 0 aliphatic carbocycles. The minimum Gasteiger partial charge on any atom is -0.464 e. The third-order valence-corrected chi connectivity index (χ3v) is 5.33. The molecule has 0 bridgehead atoms. The maximum Gasteiger partial charge on any atom is 0.197 e. The molecule has 2 aromatic carbocycles. The smallest absolute Gasteiger partial charge is 0.197 e. The number of piperazine rings is 1. The van der Waals surface area contributed by atoms with Crippen molar-refractivity contribution in [2.75, 3.05) is 32.7 Å². The van der Waals surface area contributed by atoms with Gasteiger partial charge < -0.3 is 4.42 Å². The van der Waals surface area contributed by atoms with Crippen molar-refractivity contribution >= 4 is 17.0 Å². The fraction of sp³-hybridized carbons (Fsp3) is 0.292. The topological polar surface area (TPSA) is 36.7 Å². The van der Waals surface area contributed by atoms with Crippen LogP contribution >= 0.6 is 0 Å². The molecule has 2 heterocycles. The van der Waals surface area contributed by atoms with Crippen molar-refractivity contribution in [2.24, 2.45) is 0 Å². The summed E-state index contributed by atoms with van der Waals surface area (Å²) in [5, 5.41) is 0.683. The molecule has 1 aromatic heterocycles. The lowest BCUT2D eigenvalue weighted by molar-refractivity contribution is 0.136. The number of fused-ring (bicyclic) bond motifs is 1. The van der Waals surface area contributed by atoms with Crippen molar-refractivity contribution < 1.29 is 4.42 Å². The van der Waals surface area contributed by atoms with E-state index in [1.165, 1.54) is 5.56 Å². The molecule has 0 amide bonds. The Balaban J connectivity index is 1.33. The monoisotopic (exact) mass is 374 g/mol. The summed E-state index contributed by atoms with van der Waals surface area (Å²) in [6, 6.07) is 16.1. The Hall–Kier alpha value is -2.69. The molecule has 4 heteroatoms. The van der Waals surface area contributed by atoms with E-state index in [0.717, 1.165) is 43.9 Å². The molecule has 3 aromatic rings. The average Bonchev–Trinajstić information content (AvgIpc) is 2.72. The lowest BCUT2D eigenvalue weighted by Gasteiger charge is -2.33. The van der Waals surface area contributed by atoms with Gasteiger partial charge in [-0.05, 0) is 24.6 Å². The van der Waals surface area contributed by atoms with Crippen LogP contribution in [0.4, 0.5) is 0 Å². The first kappa shape index (κ1) is 18.7. The summed E-state index contributed by atoms with van der Waals surface area (Å²) in [6.07, 6.45) is 6.04. The second-order valence-corrected chi connectivity index (χ2v) is 7.48. The highest BCUT2D eigenvalue weighted by molar-refractivity contribution is 5.77. The highest BCUT2D eigenvalue weighted by Gasteiger charge is 2.18. The van der Waals surface area contributed by atoms with Crippen molar-refractivity contribution in [3.8, 4) is 0 Å². The molecule has 1 aliphatic rings. The molecule has 4 nitrogen and oxygen atoms in total. The fourth-order valence-electron chi connectivity index (χ4n) is 3.67. The molecule has 28 heavy (non-hydrogen) atoms. The molecule has 1 fully saturated rings.